The molecule has 1 atom stereocenters. The first-order chi connectivity index (χ1) is 16.8. The van der Waals surface area contributed by atoms with Gasteiger partial charge in [0.15, 0.2) is 0 Å². The summed E-state index contributed by atoms with van der Waals surface area (Å²) in [7, 11) is 0. The molecule has 1 fully saturated rings. The number of hydrogen-bond acceptors (Lipinski definition) is 7. The third-order valence-corrected chi connectivity index (χ3v) is 6.43. The summed E-state index contributed by atoms with van der Waals surface area (Å²) in [5.41, 5.74) is 1.93. The zero-order valence-electron chi connectivity index (χ0n) is 21.1. The second kappa shape index (κ2) is 11.3. The first-order valence-corrected chi connectivity index (χ1v) is 12.0. The van der Waals surface area contributed by atoms with Crippen molar-refractivity contribution in [2.75, 3.05) is 32.8 Å². The van der Waals surface area contributed by atoms with Gasteiger partial charge >= 0.3 is 5.97 Å². The lowest BCUT2D eigenvalue weighted by atomic mass is 9.96. The maximum atomic E-state index is 13.2. The van der Waals surface area contributed by atoms with Crippen LogP contribution in [0.4, 0.5) is 0 Å². The van der Waals surface area contributed by atoms with Crippen molar-refractivity contribution in [1.82, 2.24) is 19.8 Å². The average Bonchev–Trinajstić information content (AvgIpc) is 3.29. The van der Waals surface area contributed by atoms with Gasteiger partial charge in [-0.25, -0.2) is 4.79 Å². The summed E-state index contributed by atoms with van der Waals surface area (Å²) in [6.07, 6.45) is 2.27. The summed E-state index contributed by atoms with van der Waals surface area (Å²) in [5.74, 6) is -2.31. The average molecular weight is 483 g/mol. The van der Waals surface area contributed by atoms with E-state index in [0.29, 0.717) is 35.5 Å². The molecule has 3 rings (SSSR count). The molecule has 1 saturated heterocycles. The lowest BCUT2D eigenvalue weighted by Gasteiger charge is -2.26. The molecule has 3 heterocycles. The van der Waals surface area contributed by atoms with E-state index >= 15 is 0 Å². The standard InChI is InChI=1S/C26H34N4O5/c1-6-29(7-2)14-11-15-30-22(18-12-9-10-13-27-18)20(24(32)25(30)33)23(31)19-16(4)21(28-17(19)5)26(34)35-8-3/h9-10,12-13,22,28,31H,6-8,11,14-15H2,1-5H3. The molecule has 1 amide bonds. The highest BCUT2D eigenvalue weighted by molar-refractivity contribution is 6.46. The number of nitrogens with one attached hydrogen (secondary N) is 1. The van der Waals surface area contributed by atoms with Crippen LogP contribution in [-0.4, -0.2) is 75.3 Å². The molecule has 0 aromatic carbocycles. The van der Waals surface area contributed by atoms with E-state index in [-0.39, 0.29) is 23.6 Å². The second-order valence-corrected chi connectivity index (χ2v) is 8.47. The van der Waals surface area contributed by atoms with Gasteiger partial charge in [-0.1, -0.05) is 19.9 Å². The van der Waals surface area contributed by atoms with Crippen LogP contribution in [0.1, 0.15) is 66.2 Å². The number of Topliss-reactive ketones (excluding diaryl/α,β-unsaturated/α-hetero) is 1. The summed E-state index contributed by atoms with van der Waals surface area (Å²) in [4.78, 5) is 49.8. The van der Waals surface area contributed by atoms with Gasteiger partial charge in [0.25, 0.3) is 11.7 Å². The fraction of sp³-hybridized carbons (Fsp3) is 0.462. The van der Waals surface area contributed by atoms with Crippen molar-refractivity contribution in [3.63, 3.8) is 0 Å². The van der Waals surface area contributed by atoms with Crippen molar-refractivity contribution < 1.29 is 24.2 Å². The number of rotatable bonds is 10. The number of aromatic nitrogens is 2. The molecule has 2 aromatic heterocycles. The minimum absolute atomic E-state index is 0.0304. The number of aliphatic hydroxyl groups is 1. The molecule has 1 aliphatic heterocycles. The Hall–Kier alpha value is -3.46. The summed E-state index contributed by atoms with van der Waals surface area (Å²) in [6, 6.07) is 4.45. The van der Waals surface area contributed by atoms with Crippen LogP contribution >= 0.6 is 0 Å². The van der Waals surface area contributed by atoms with Gasteiger partial charge < -0.3 is 24.6 Å². The van der Waals surface area contributed by atoms with Crippen LogP contribution in [0.3, 0.4) is 0 Å². The van der Waals surface area contributed by atoms with Gasteiger partial charge in [0.2, 0.25) is 0 Å². The Morgan fingerprint density at radius 3 is 2.51 bits per heavy atom. The van der Waals surface area contributed by atoms with Crippen LogP contribution in [-0.2, 0) is 14.3 Å². The van der Waals surface area contributed by atoms with Gasteiger partial charge in [0.05, 0.1) is 17.9 Å². The minimum atomic E-state index is -0.826. The Morgan fingerprint density at radius 2 is 1.91 bits per heavy atom. The maximum absolute atomic E-state index is 13.2. The van der Waals surface area contributed by atoms with Crippen molar-refractivity contribution in [1.29, 1.82) is 0 Å². The van der Waals surface area contributed by atoms with Crippen LogP contribution in [0.2, 0.25) is 0 Å². The van der Waals surface area contributed by atoms with Crippen LogP contribution in [0, 0.1) is 13.8 Å². The van der Waals surface area contributed by atoms with E-state index in [1.54, 1.807) is 45.2 Å². The highest BCUT2D eigenvalue weighted by Gasteiger charge is 2.47. The Morgan fingerprint density at radius 1 is 1.20 bits per heavy atom. The SMILES string of the molecule is CCOC(=O)c1[nH]c(C)c(C(O)=C2C(=O)C(=O)N(CCCN(CC)CC)C2c2ccccn2)c1C. The van der Waals surface area contributed by atoms with Gasteiger partial charge in [-0.3, -0.25) is 14.6 Å². The number of aliphatic hydroxyl groups excluding tert-OH is 1. The maximum Gasteiger partial charge on any atom is 0.355 e. The first-order valence-electron chi connectivity index (χ1n) is 12.0. The highest BCUT2D eigenvalue weighted by atomic mass is 16.5. The van der Waals surface area contributed by atoms with Crippen LogP contribution in [0.15, 0.2) is 30.0 Å². The van der Waals surface area contributed by atoms with E-state index in [0.717, 1.165) is 19.6 Å². The monoisotopic (exact) mass is 482 g/mol. The van der Waals surface area contributed by atoms with Crippen molar-refractivity contribution >= 4 is 23.4 Å². The molecular formula is C26H34N4O5. The highest BCUT2D eigenvalue weighted by Crippen LogP contribution is 2.40. The summed E-state index contributed by atoms with van der Waals surface area (Å²) in [5, 5.41) is 11.4. The molecule has 188 valence electrons. The van der Waals surface area contributed by atoms with Gasteiger partial charge in [-0.15, -0.1) is 0 Å². The zero-order chi connectivity index (χ0) is 25.7. The number of ketones is 1. The Kier molecular flexibility index (Phi) is 8.45. The zero-order valence-corrected chi connectivity index (χ0v) is 21.1. The Bertz CT molecular complexity index is 1120. The number of H-pyrrole nitrogens is 1. The van der Waals surface area contributed by atoms with Crippen molar-refractivity contribution in [2.24, 2.45) is 0 Å². The molecule has 1 aliphatic rings. The molecule has 35 heavy (non-hydrogen) atoms. The number of aromatic amines is 1. The van der Waals surface area contributed by atoms with Crippen molar-refractivity contribution in [3.05, 3.63) is 58.2 Å². The van der Waals surface area contributed by atoms with Gasteiger partial charge in [0, 0.05) is 24.0 Å². The molecule has 2 N–H and O–H groups in total. The molecule has 9 nitrogen and oxygen atoms in total. The molecule has 2 aromatic rings. The largest absolute Gasteiger partial charge is 0.507 e. The fourth-order valence-corrected chi connectivity index (χ4v) is 4.61. The van der Waals surface area contributed by atoms with E-state index in [4.69, 9.17) is 4.74 Å². The van der Waals surface area contributed by atoms with E-state index < -0.39 is 23.7 Å². The summed E-state index contributed by atoms with van der Waals surface area (Å²) >= 11 is 0. The number of amides is 1. The lowest BCUT2D eigenvalue weighted by Crippen LogP contribution is -2.33. The number of pyridine rings is 1. The minimum Gasteiger partial charge on any atom is -0.507 e. The lowest BCUT2D eigenvalue weighted by molar-refractivity contribution is -0.140. The van der Waals surface area contributed by atoms with E-state index in [9.17, 15) is 19.5 Å². The van der Waals surface area contributed by atoms with Gasteiger partial charge in [0.1, 0.15) is 17.5 Å². The fourth-order valence-electron chi connectivity index (χ4n) is 4.61. The van der Waals surface area contributed by atoms with E-state index in [2.05, 4.69) is 28.7 Å². The third-order valence-electron chi connectivity index (χ3n) is 6.43. The van der Waals surface area contributed by atoms with Gasteiger partial charge in [-0.2, -0.15) is 0 Å². The number of esters is 1. The van der Waals surface area contributed by atoms with Crippen LogP contribution in [0.5, 0.6) is 0 Å². The molecule has 0 radical (unpaired) electrons. The van der Waals surface area contributed by atoms with Crippen LogP contribution in [0.25, 0.3) is 5.76 Å². The molecular weight excluding hydrogens is 448 g/mol. The van der Waals surface area contributed by atoms with Crippen molar-refractivity contribution in [2.45, 2.75) is 47.1 Å². The number of hydrogen-bond donors (Lipinski definition) is 2. The molecule has 1 unspecified atom stereocenters. The molecule has 9 heteroatoms. The number of nitrogens with zero attached hydrogens (tertiary/aromatic N) is 3. The van der Waals surface area contributed by atoms with E-state index in [1.165, 1.54) is 4.90 Å². The molecule has 0 saturated carbocycles. The topological polar surface area (TPSA) is 116 Å². The predicted octanol–water partition coefficient (Wildman–Crippen LogP) is 3.36. The summed E-state index contributed by atoms with van der Waals surface area (Å²) < 4.78 is 5.10. The molecule has 0 bridgehead atoms. The molecule has 0 aliphatic carbocycles. The van der Waals surface area contributed by atoms with Crippen LogP contribution < -0.4 is 0 Å². The number of carbonyl (C=O) groups is 3. The van der Waals surface area contributed by atoms with E-state index in [1.807, 2.05) is 0 Å². The Balaban J connectivity index is 2.08. The smallest absolute Gasteiger partial charge is 0.355 e. The number of carbonyl (C=O) groups excluding carboxylic acids is 3. The summed E-state index contributed by atoms with van der Waals surface area (Å²) in [6.45, 7) is 12.4. The Labute approximate surface area is 205 Å². The normalized spacial score (nSPS) is 17.4. The first kappa shape index (κ1) is 26.2. The van der Waals surface area contributed by atoms with Gasteiger partial charge in [-0.05, 0) is 64.5 Å². The third kappa shape index (κ3) is 5.14. The predicted molar refractivity (Wildman–Crippen MR) is 132 cm³/mol. The molecule has 0 spiro atoms. The quantitative estimate of drug-likeness (QED) is 0.231. The number of ether oxygens (including phenoxy) is 1. The second-order valence-electron chi connectivity index (χ2n) is 8.47. The number of likely N-dealkylation sites (tertiary alicyclic amines) is 1. The van der Waals surface area contributed by atoms with Crippen molar-refractivity contribution in [3.8, 4) is 0 Å². The number of aryl methyl sites for hydroxylation is 1.